The Bertz CT molecular complexity index is 855. The first kappa shape index (κ1) is 20.4. The number of nitrogens with one attached hydrogen (secondary N) is 1. The van der Waals surface area contributed by atoms with Crippen molar-refractivity contribution in [2.75, 3.05) is 11.9 Å². The fraction of sp³-hybridized carbons (Fsp3) is 0.125. The summed E-state index contributed by atoms with van der Waals surface area (Å²) in [7, 11) is 0. The van der Waals surface area contributed by atoms with Crippen LogP contribution < -0.4 is 10.1 Å². The summed E-state index contributed by atoms with van der Waals surface area (Å²) >= 11 is 13.1. The Hall–Kier alpha value is -0.900. The van der Waals surface area contributed by atoms with E-state index >= 15 is 0 Å². The number of halogens is 4. The number of carboxylic acid groups (broad SMARTS) is 1. The minimum absolute atomic E-state index is 0.0132. The highest BCUT2D eigenvalue weighted by Crippen LogP contribution is 2.42. The molecule has 2 aromatic rings. The normalized spacial score (nSPS) is 10.4. The summed E-state index contributed by atoms with van der Waals surface area (Å²) in [6.45, 7) is 2.27. The number of benzene rings is 2. The number of hydrogen-bond acceptors (Lipinski definition) is 3. The number of para-hydroxylation sites is 2. The van der Waals surface area contributed by atoms with E-state index in [-0.39, 0.29) is 15.6 Å². The molecule has 25 heavy (non-hydrogen) atoms. The molecule has 9 heteroatoms. The van der Waals surface area contributed by atoms with Gasteiger partial charge in [-0.05, 0) is 82.8 Å². The highest BCUT2D eigenvalue weighted by Gasteiger charge is 2.28. The molecule has 0 bridgehead atoms. The fourth-order valence-corrected chi connectivity index (χ4v) is 4.55. The summed E-state index contributed by atoms with van der Waals surface area (Å²) in [5.74, 6) is -1.31. The molecular weight excluding hydrogens is 590 g/mol. The number of aromatic carboxylic acids is 1. The van der Waals surface area contributed by atoms with Gasteiger partial charge in [0.05, 0.1) is 23.4 Å². The van der Waals surface area contributed by atoms with Crippen molar-refractivity contribution >= 4 is 81.3 Å². The van der Waals surface area contributed by atoms with Crippen molar-refractivity contribution < 1.29 is 19.4 Å². The summed E-state index contributed by atoms with van der Waals surface area (Å²) in [5, 5.41) is 12.3. The van der Waals surface area contributed by atoms with Gasteiger partial charge in [0.2, 0.25) is 0 Å². The molecule has 0 aromatic heterocycles. The number of anilines is 1. The predicted molar refractivity (Wildman–Crippen MR) is 110 cm³/mol. The van der Waals surface area contributed by atoms with Gasteiger partial charge in [-0.2, -0.15) is 0 Å². The molecule has 0 radical (unpaired) electrons. The summed E-state index contributed by atoms with van der Waals surface area (Å²) in [4.78, 5) is 24.5. The second kappa shape index (κ2) is 8.66. The number of amides is 1. The molecule has 0 saturated carbocycles. The number of carbonyl (C=O) groups excluding carboxylic acids is 1. The van der Waals surface area contributed by atoms with E-state index in [1.54, 1.807) is 24.3 Å². The van der Waals surface area contributed by atoms with Gasteiger partial charge in [-0.3, -0.25) is 4.79 Å². The van der Waals surface area contributed by atoms with Crippen molar-refractivity contribution in [2.45, 2.75) is 6.92 Å². The smallest absolute Gasteiger partial charge is 0.337 e. The first-order valence-electron chi connectivity index (χ1n) is 6.92. The lowest BCUT2D eigenvalue weighted by Crippen LogP contribution is -2.19. The first-order chi connectivity index (χ1) is 11.8. The summed E-state index contributed by atoms with van der Waals surface area (Å²) in [6, 6.07) is 6.94. The van der Waals surface area contributed by atoms with Gasteiger partial charge in [0.15, 0.2) is 0 Å². The number of rotatable bonds is 5. The maximum atomic E-state index is 12.8. The number of carboxylic acids is 1. The molecule has 0 fully saturated rings. The van der Waals surface area contributed by atoms with Gasteiger partial charge in [0, 0.05) is 17.9 Å². The van der Waals surface area contributed by atoms with E-state index in [9.17, 15) is 14.7 Å². The lowest BCUT2D eigenvalue weighted by atomic mass is 10.1. The summed E-state index contributed by atoms with van der Waals surface area (Å²) in [5.41, 5.74) is 0.279. The Labute approximate surface area is 177 Å². The molecule has 2 aromatic carbocycles. The Balaban J connectivity index is 2.56. The average molecular weight is 601 g/mol. The van der Waals surface area contributed by atoms with Crippen molar-refractivity contribution in [2.24, 2.45) is 0 Å². The van der Waals surface area contributed by atoms with Crippen LogP contribution in [0, 0.1) is 0 Å². The van der Waals surface area contributed by atoms with E-state index < -0.39 is 11.9 Å². The minimum Gasteiger partial charge on any atom is -0.492 e. The van der Waals surface area contributed by atoms with Crippen LogP contribution >= 0.6 is 63.7 Å². The molecular formula is C16H11Br4NO4. The van der Waals surface area contributed by atoms with Crippen LogP contribution in [-0.4, -0.2) is 23.6 Å². The zero-order chi connectivity index (χ0) is 18.7. The topological polar surface area (TPSA) is 75.6 Å². The molecule has 0 heterocycles. The van der Waals surface area contributed by atoms with Gasteiger partial charge in [-0.25, -0.2) is 4.79 Å². The van der Waals surface area contributed by atoms with E-state index in [0.717, 1.165) is 0 Å². The number of hydrogen-bond donors (Lipinski definition) is 2. The lowest BCUT2D eigenvalue weighted by molar-refractivity contribution is 0.0691. The molecule has 1 amide bonds. The Kier molecular flexibility index (Phi) is 7.07. The molecule has 2 rings (SSSR count). The molecule has 2 N–H and O–H groups in total. The molecule has 0 aliphatic rings. The molecule has 0 spiro atoms. The quantitative estimate of drug-likeness (QED) is 0.322. The van der Waals surface area contributed by atoms with Crippen LogP contribution in [0.25, 0.3) is 0 Å². The number of carbonyl (C=O) groups is 2. The molecule has 0 aliphatic heterocycles. The van der Waals surface area contributed by atoms with Crippen LogP contribution in [0.4, 0.5) is 5.69 Å². The Morgan fingerprint density at radius 1 is 1.00 bits per heavy atom. The average Bonchev–Trinajstić information content (AvgIpc) is 2.57. The van der Waals surface area contributed by atoms with E-state index in [0.29, 0.717) is 31.5 Å². The maximum Gasteiger partial charge on any atom is 0.337 e. The van der Waals surface area contributed by atoms with Crippen LogP contribution in [0.5, 0.6) is 5.75 Å². The van der Waals surface area contributed by atoms with Crippen molar-refractivity contribution in [3.05, 3.63) is 53.3 Å². The Morgan fingerprint density at radius 3 is 2.12 bits per heavy atom. The third-order valence-corrected chi connectivity index (χ3v) is 7.91. The highest BCUT2D eigenvalue weighted by atomic mass is 79.9. The monoisotopic (exact) mass is 597 g/mol. The minimum atomic E-state index is -1.23. The second-order valence-electron chi connectivity index (χ2n) is 4.69. The van der Waals surface area contributed by atoms with E-state index in [4.69, 9.17) is 4.74 Å². The third-order valence-electron chi connectivity index (χ3n) is 3.14. The molecule has 0 unspecified atom stereocenters. The standard InChI is InChI=1S/C16H11Br4NO4/c1-2-25-8-6-4-3-5-7(8)21-15(22)9-10(16(23)24)12(18)14(20)13(19)11(9)17/h3-6H,2H2,1H3,(H,21,22)(H,23,24). The van der Waals surface area contributed by atoms with E-state index in [1.165, 1.54) is 0 Å². The largest absolute Gasteiger partial charge is 0.492 e. The zero-order valence-electron chi connectivity index (χ0n) is 12.7. The van der Waals surface area contributed by atoms with Gasteiger partial charge in [-0.15, -0.1) is 0 Å². The highest BCUT2D eigenvalue weighted by molar-refractivity contribution is 9.15. The molecule has 0 atom stereocenters. The van der Waals surface area contributed by atoms with Crippen LogP contribution in [0.2, 0.25) is 0 Å². The summed E-state index contributed by atoms with van der Waals surface area (Å²) < 4.78 is 7.08. The van der Waals surface area contributed by atoms with E-state index in [2.05, 4.69) is 69.0 Å². The van der Waals surface area contributed by atoms with Crippen LogP contribution in [0.3, 0.4) is 0 Å². The Morgan fingerprint density at radius 2 is 1.56 bits per heavy atom. The van der Waals surface area contributed by atoms with Crippen molar-refractivity contribution in [1.29, 1.82) is 0 Å². The summed E-state index contributed by atoms with van der Waals surface area (Å²) in [6.07, 6.45) is 0. The molecule has 0 aliphatic carbocycles. The fourth-order valence-electron chi connectivity index (χ4n) is 2.08. The third kappa shape index (κ3) is 4.27. The first-order valence-corrected chi connectivity index (χ1v) is 10.1. The molecule has 132 valence electrons. The van der Waals surface area contributed by atoms with Gasteiger partial charge in [-0.1, -0.05) is 12.1 Å². The van der Waals surface area contributed by atoms with Crippen molar-refractivity contribution in [1.82, 2.24) is 0 Å². The van der Waals surface area contributed by atoms with Crippen LogP contribution in [-0.2, 0) is 0 Å². The van der Waals surface area contributed by atoms with Crippen LogP contribution in [0.1, 0.15) is 27.6 Å². The molecule has 5 nitrogen and oxygen atoms in total. The van der Waals surface area contributed by atoms with Gasteiger partial charge in [0.25, 0.3) is 5.91 Å². The van der Waals surface area contributed by atoms with Crippen molar-refractivity contribution in [3.8, 4) is 5.75 Å². The SMILES string of the molecule is CCOc1ccccc1NC(=O)c1c(Br)c(Br)c(Br)c(Br)c1C(=O)O. The number of ether oxygens (including phenoxy) is 1. The van der Waals surface area contributed by atoms with Crippen LogP contribution in [0.15, 0.2) is 42.2 Å². The van der Waals surface area contributed by atoms with E-state index in [1.807, 2.05) is 6.92 Å². The molecule has 0 saturated heterocycles. The van der Waals surface area contributed by atoms with Gasteiger partial charge >= 0.3 is 5.97 Å². The second-order valence-corrected chi connectivity index (χ2v) is 7.87. The van der Waals surface area contributed by atoms with Gasteiger partial charge in [0.1, 0.15) is 5.75 Å². The maximum absolute atomic E-state index is 12.8. The predicted octanol–water partition coefficient (Wildman–Crippen LogP) is 6.09. The van der Waals surface area contributed by atoms with Gasteiger partial charge < -0.3 is 15.2 Å². The lowest BCUT2D eigenvalue weighted by Gasteiger charge is -2.16. The van der Waals surface area contributed by atoms with Crippen molar-refractivity contribution in [3.63, 3.8) is 0 Å². The zero-order valence-corrected chi connectivity index (χ0v) is 19.0.